The Hall–Kier alpha value is -1.95. The fourth-order valence-corrected chi connectivity index (χ4v) is 3.62. The number of nitrogens with zero attached hydrogens (tertiary/aromatic N) is 1. The molecule has 1 fully saturated rings. The van der Waals surface area contributed by atoms with Crippen LogP contribution in [0.2, 0.25) is 0 Å². The minimum absolute atomic E-state index is 0.0637. The number of hydrogen-bond donors (Lipinski definition) is 1. The average molecular weight is 362 g/mol. The van der Waals surface area contributed by atoms with Crippen LogP contribution in [0.1, 0.15) is 32.3 Å². The highest BCUT2D eigenvalue weighted by atomic mass is 16.6. The number of benzene rings is 1. The van der Waals surface area contributed by atoms with E-state index in [0.717, 1.165) is 50.4 Å². The van der Waals surface area contributed by atoms with E-state index in [1.165, 1.54) is 5.56 Å². The first-order valence-corrected chi connectivity index (χ1v) is 9.54. The zero-order chi connectivity index (χ0) is 18.5. The van der Waals surface area contributed by atoms with Crippen LogP contribution in [0.15, 0.2) is 18.2 Å². The van der Waals surface area contributed by atoms with Gasteiger partial charge in [0.1, 0.15) is 0 Å². The van der Waals surface area contributed by atoms with E-state index in [1.807, 2.05) is 30.9 Å². The van der Waals surface area contributed by atoms with Crippen LogP contribution in [0.5, 0.6) is 11.5 Å². The molecule has 0 aromatic heterocycles. The molecule has 26 heavy (non-hydrogen) atoms. The summed E-state index contributed by atoms with van der Waals surface area (Å²) < 4.78 is 16.6. The van der Waals surface area contributed by atoms with E-state index >= 15 is 0 Å². The van der Waals surface area contributed by atoms with Crippen molar-refractivity contribution in [2.24, 2.45) is 5.92 Å². The Bertz CT molecular complexity index is 612. The van der Waals surface area contributed by atoms with Gasteiger partial charge in [0.15, 0.2) is 11.5 Å². The Morgan fingerprint density at radius 2 is 2.12 bits per heavy atom. The fourth-order valence-electron chi connectivity index (χ4n) is 3.62. The van der Waals surface area contributed by atoms with Crippen LogP contribution in [0.25, 0.3) is 0 Å². The molecule has 0 saturated carbocycles. The van der Waals surface area contributed by atoms with Crippen LogP contribution >= 0.6 is 0 Å². The summed E-state index contributed by atoms with van der Waals surface area (Å²) >= 11 is 0. The Kier molecular flexibility index (Phi) is 6.25. The molecule has 1 aromatic carbocycles. The Balaban J connectivity index is 1.43. The molecule has 1 aromatic rings. The first-order chi connectivity index (χ1) is 12.6. The summed E-state index contributed by atoms with van der Waals surface area (Å²) in [5.74, 6) is 2.16. The van der Waals surface area contributed by atoms with Gasteiger partial charge in [-0.2, -0.15) is 0 Å². The van der Waals surface area contributed by atoms with E-state index in [4.69, 9.17) is 14.2 Å². The molecule has 2 aliphatic heterocycles. The summed E-state index contributed by atoms with van der Waals surface area (Å²) in [4.78, 5) is 13.8. The zero-order valence-electron chi connectivity index (χ0n) is 16.0. The number of piperidine rings is 1. The van der Waals surface area contributed by atoms with Gasteiger partial charge < -0.3 is 24.4 Å². The lowest BCUT2D eigenvalue weighted by Crippen LogP contribution is -2.47. The van der Waals surface area contributed by atoms with Crippen LogP contribution in [-0.4, -0.2) is 56.5 Å². The molecule has 1 amide bonds. The molecule has 1 atom stereocenters. The van der Waals surface area contributed by atoms with Gasteiger partial charge >= 0.3 is 6.09 Å². The standard InChI is InChI=1S/C20H30N2O4/c1-14(2)26-20(23)22-9-7-17(8-10-22)21-12-15-11-16-5-4-6-18(24-3)19(16)25-13-15/h4-6,14-15,17,21H,7-13H2,1-3H3/t15-/m0/s1. The van der Waals surface area contributed by atoms with E-state index in [1.54, 1.807) is 7.11 Å². The lowest BCUT2D eigenvalue weighted by molar-refractivity contribution is 0.0674. The van der Waals surface area contributed by atoms with Crippen molar-refractivity contribution in [2.45, 2.75) is 45.3 Å². The number of ether oxygens (including phenoxy) is 3. The molecule has 0 radical (unpaired) electrons. The number of carbonyl (C=O) groups is 1. The monoisotopic (exact) mass is 362 g/mol. The molecule has 0 unspecified atom stereocenters. The predicted octanol–water partition coefficient (Wildman–Crippen LogP) is 2.85. The van der Waals surface area contributed by atoms with Gasteiger partial charge in [-0.1, -0.05) is 12.1 Å². The number of amides is 1. The third-order valence-corrected chi connectivity index (χ3v) is 5.04. The number of fused-ring (bicyclic) bond motifs is 1. The molecular weight excluding hydrogens is 332 g/mol. The summed E-state index contributed by atoms with van der Waals surface area (Å²) in [5.41, 5.74) is 1.22. The van der Waals surface area contributed by atoms with Crippen molar-refractivity contribution in [1.29, 1.82) is 0 Å². The van der Waals surface area contributed by atoms with Crippen molar-refractivity contribution in [2.75, 3.05) is 33.4 Å². The number of likely N-dealkylation sites (tertiary alicyclic amines) is 1. The summed E-state index contributed by atoms with van der Waals surface area (Å²) in [7, 11) is 1.68. The first kappa shape index (κ1) is 18.8. The van der Waals surface area contributed by atoms with Gasteiger partial charge in [-0.3, -0.25) is 0 Å². The van der Waals surface area contributed by atoms with Crippen LogP contribution in [0.4, 0.5) is 4.79 Å². The van der Waals surface area contributed by atoms with Gasteiger partial charge in [-0.15, -0.1) is 0 Å². The second-order valence-electron chi connectivity index (χ2n) is 7.43. The molecule has 1 saturated heterocycles. The molecular formula is C20H30N2O4. The van der Waals surface area contributed by atoms with Crippen LogP contribution in [0, 0.1) is 5.92 Å². The quantitative estimate of drug-likeness (QED) is 0.873. The van der Waals surface area contributed by atoms with E-state index < -0.39 is 0 Å². The van der Waals surface area contributed by atoms with Gasteiger partial charge in [0.05, 0.1) is 19.8 Å². The molecule has 0 spiro atoms. The van der Waals surface area contributed by atoms with Gasteiger partial charge in [-0.25, -0.2) is 4.79 Å². The van der Waals surface area contributed by atoms with Crippen molar-refractivity contribution in [3.8, 4) is 11.5 Å². The van der Waals surface area contributed by atoms with Gasteiger partial charge in [0, 0.05) is 31.6 Å². The number of hydrogen-bond acceptors (Lipinski definition) is 5. The van der Waals surface area contributed by atoms with Gasteiger partial charge in [-0.05, 0) is 44.7 Å². The molecule has 1 N–H and O–H groups in total. The molecule has 0 aliphatic carbocycles. The molecule has 3 rings (SSSR count). The maximum atomic E-state index is 11.9. The van der Waals surface area contributed by atoms with E-state index in [9.17, 15) is 4.79 Å². The number of nitrogens with one attached hydrogen (secondary N) is 1. The molecule has 144 valence electrons. The largest absolute Gasteiger partial charge is 0.493 e. The first-order valence-electron chi connectivity index (χ1n) is 9.54. The molecule has 6 heteroatoms. The predicted molar refractivity (Wildman–Crippen MR) is 99.9 cm³/mol. The van der Waals surface area contributed by atoms with E-state index in [0.29, 0.717) is 18.6 Å². The molecule has 6 nitrogen and oxygen atoms in total. The maximum Gasteiger partial charge on any atom is 0.410 e. The third-order valence-electron chi connectivity index (χ3n) is 5.04. The second kappa shape index (κ2) is 8.62. The summed E-state index contributed by atoms with van der Waals surface area (Å²) in [6.45, 7) is 6.91. The van der Waals surface area contributed by atoms with Crippen molar-refractivity contribution < 1.29 is 19.0 Å². The molecule has 2 heterocycles. The minimum Gasteiger partial charge on any atom is -0.493 e. The highest BCUT2D eigenvalue weighted by molar-refractivity contribution is 5.67. The van der Waals surface area contributed by atoms with E-state index in [-0.39, 0.29) is 12.2 Å². The normalized spacial score (nSPS) is 20.5. The topological polar surface area (TPSA) is 60.0 Å². The number of carbonyl (C=O) groups excluding carboxylic acids is 1. The van der Waals surface area contributed by atoms with Crippen molar-refractivity contribution >= 4 is 6.09 Å². The molecule has 2 aliphatic rings. The average Bonchev–Trinajstić information content (AvgIpc) is 2.65. The molecule has 0 bridgehead atoms. The summed E-state index contributed by atoms with van der Waals surface area (Å²) in [5, 5.41) is 3.66. The minimum atomic E-state index is -0.190. The fraction of sp³-hybridized carbons (Fsp3) is 0.650. The summed E-state index contributed by atoms with van der Waals surface area (Å²) in [6.07, 6.45) is 2.67. The highest BCUT2D eigenvalue weighted by Gasteiger charge is 2.26. The zero-order valence-corrected chi connectivity index (χ0v) is 16.0. The van der Waals surface area contributed by atoms with Crippen molar-refractivity contribution in [3.05, 3.63) is 23.8 Å². The Morgan fingerprint density at radius 3 is 2.81 bits per heavy atom. The van der Waals surface area contributed by atoms with Gasteiger partial charge in [0.25, 0.3) is 0 Å². The van der Waals surface area contributed by atoms with Crippen molar-refractivity contribution in [1.82, 2.24) is 10.2 Å². The SMILES string of the molecule is COc1cccc2c1OC[C@H](CNC1CCN(C(=O)OC(C)C)CC1)C2. The third kappa shape index (κ3) is 4.61. The Morgan fingerprint density at radius 1 is 1.35 bits per heavy atom. The second-order valence-corrected chi connectivity index (χ2v) is 7.43. The summed E-state index contributed by atoms with van der Waals surface area (Å²) in [6, 6.07) is 6.52. The number of methoxy groups -OCH3 is 1. The highest BCUT2D eigenvalue weighted by Crippen LogP contribution is 2.35. The van der Waals surface area contributed by atoms with Crippen molar-refractivity contribution in [3.63, 3.8) is 0 Å². The number of para-hydroxylation sites is 1. The lowest BCUT2D eigenvalue weighted by Gasteiger charge is -2.33. The van der Waals surface area contributed by atoms with Gasteiger partial charge in [0.2, 0.25) is 0 Å². The lowest BCUT2D eigenvalue weighted by atomic mass is 9.95. The van der Waals surface area contributed by atoms with Crippen LogP contribution < -0.4 is 14.8 Å². The maximum absolute atomic E-state index is 11.9. The van der Waals surface area contributed by atoms with Crippen LogP contribution in [0.3, 0.4) is 0 Å². The number of rotatable bonds is 5. The smallest absolute Gasteiger partial charge is 0.410 e. The van der Waals surface area contributed by atoms with Crippen LogP contribution in [-0.2, 0) is 11.2 Å². The Labute approximate surface area is 155 Å². The van der Waals surface area contributed by atoms with E-state index in [2.05, 4.69) is 11.4 Å².